The number of halogens is 3. The molecule has 0 aliphatic rings. The molecule has 0 aliphatic heterocycles. The molecule has 2 N–H and O–H groups in total. The Bertz CT molecular complexity index is 817. The summed E-state index contributed by atoms with van der Waals surface area (Å²) in [6, 6.07) is 13.8. The zero-order chi connectivity index (χ0) is 15.7. The van der Waals surface area contributed by atoms with E-state index in [1.54, 1.807) is 6.07 Å². The number of rotatable bonds is 2. The lowest BCUT2D eigenvalue weighted by Gasteiger charge is -2.09. The lowest BCUT2D eigenvalue weighted by Crippen LogP contribution is -2.09. The SMILES string of the molecule is O/N=C(/c1cccc(C(F)(F)F)c1)c1cc2ccccc2[nH]1. The van der Waals surface area contributed by atoms with Crippen molar-refractivity contribution in [3.05, 3.63) is 71.4 Å². The van der Waals surface area contributed by atoms with E-state index >= 15 is 0 Å². The Hall–Kier alpha value is -2.76. The van der Waals surface area contributed by atoms with E-state index in [-0.39, 0.29) is 11.3 Å². The third kappa shape index (κ3) is 2.55. The van der Waals surface area contributed by atoms with Gasteiger partial charge in [-0.05, 0) is 24.3 Å². The van der Waals surface area contributed by atoms with Gasteiger partial charge in [0.2, 0.25) is 0 Å². The first kappa shape index (κ1) is 14.2. The number of alkyl halides is 3. The number of hydrogen-bond acceptors (Lipinski definition) is 2. The van der Waals surface area contributed by atoms with Gasteiger partial charge in [-0.1, -0.05) is 35.5 Å². The Morgan fingerprint density at radius 3 is 2.45 bits per heavy atom. The zero-order valence-corrected chi connectivity index (χ0v) is 11.2. The quantitative estimate of drug-likeness (QED) is 0.411. The van der Waals surface area contributed by atoms with Gasteiger partial charge in [-0.2, -0.15) is 13.2 Å². The Morgan fingerprint density at radius 2 is 1.77 bits per heavy atom. The Kier molecular flexibility index (Phi) is 3.36. The Balaban J connectivity index is 2.08. The number of hydrogen-bond donors (Lipinski definition) is 2. The van der Waals surface area contributed by atoms with Gasteiger partial charge in [0.25, 0.3) is 0 Å². The molecular formula is C16H11F3N2O. The third-order valence-corrected chi connectivity index (χ3v) is 3.35. The molecule has 3 nitrogen and oxygen atoms in total. The van der Waals surface area contributed by atoms with Gasteiger partial charge in [-0.15, -0.1) is 0 Å². The molecule has 22 heavy (non-hydrogen) atoms. The van der Waals surface area contributed by atoms with Crippen molar-refractivity contribution >= 4 is 16.6 Å². The van der Waals surface area contributed by atoms with Crippen molar-refractivity contribution in [1.82, 2.24) is 4.98 Å². The molecule has 0 fully saturated rings. The fourth-order valence-corrected chi connectivity index (χ4v) is 2.31. The van der Waals surface area contributed by atoms with Crippen molar-refractivity contribution in [3.8, 4) is 0 Å². The highest BCUT2D eigenvalue weighted by molar-refractivity contribution is 6.13. The Labute approximate surface area is 123 Å². The summed E-state index contributed by atoms with van der Waals surface area (Å²) < 4.78 is 38.4. The van der Waals surface area contributed by atoms with Crippen molar-refractivity contribution in [2.24, 2.45) is 5.16 Å². The summed E-state index contributed by atoms with van der Waals surface area (Å²) in [5.74, 6) is 0. The number of aromatic nitrogens is 1. The van der Waals surface area contributed by atoms with E-state index in [1.807, 2.05) is 24.3 Å². The fraction of sp³-hybridized carbons (Fsp3) is 0.0625. The number of para-hydroxylation sites is 1. The van der Waals surface area contributed by atoms with Crippen LogP contribution in [0.15, 0.2) is 59.8 Å². The first-order valence-corrected chi connectivity index (χ1v) is 6.47. The lowest BCUT2D eigenvalue weighted by molar-refractivity contribution is -0.137. The highest BCUT2D eigenvalue weighted by atomic mass is 19.4. The minimum atomic E-state index is -4.45. The van der Waals surface area contributed by atoms with Gasteiger partial charge in [-0.3, -0.25) is 0 Å². The Morgan fingerprint density at radius 1 is 1.00 bits per heavy atom. The van der Waals surface area contributed by atoms with E-state index in [4.69, 9.17) is 0 Å². The van der Waals surface area contributed by atoms with Crippen molar-refractivity contribution in [2.45, 2.75) is 6.18 Å². The molecule has 6 heteroatoms. The maximum Gasteiger partial charge on any atom is 0.416 e. The van der Waals surface area contributed by atoms with E-state index < -0.39 is 11.7 Å². The van der Waals surface area contributed by atoms with Gasteiger partial charge in [0.05, 0.1) is 11.3 Å². The molecule has 1 heterocycles. The van der Waals surface area contributed by atoms with Gasteiger partial charge in [-0.25, -0.2) is 0 Å². The molecule has 0 atom stereocenters. The number of benzene rings is 2. The van der Waals surface area contributed by atoms with Crippen LogP contribution in [0.3, 0.4) is 0 Å². The minimum Gasteiger partial charge on any atom is -0.410 e. The van der Waals surface area contributed by atoms with Crippen molar-refractivity contribution in [3.63, 3.8) is 0 Å². The van der Waals surface area contributed by atoms with Crippen molar-refractivity contribution < 1.29 is 18.4 Å². The van der Waals surface area contributed by atoms with Crippen LogP contribution in [0, 0.1) is 0 Å². The number of nitrogens with zero attached hydrogens (tertiary/aromatic N) is 1. The summed E-state index contributed by atoms with van der Waals surface area (Å²) in [7, 11) is 0. The largest absolute Gasteiger partial charge is 0.416 e. The average Bonchev–Trinajstić information content (AvgIpc) is 2.91. The molecule has 0 amide bonds. The van der Waals surface area contributed by atoms with Gasteiger partial charge in [0.1, 0.15) is 5.71 Å². The monoisotopic (exact) mass is 304 g/mol. The molecule has 3 aromatic rings. The van der Waals surface area contributed by atoms with E-state index in [0.717, 1.165) is 23.0 Å². The molecule has 0 aliphatic carbocycles. The third-order valence-electron chi connectivity index (χ3n) is 3.35. The zero-order valence-electron chi connectivity index (χ0n) is 11.2. The smallest absolute Gasteiger partial charge is 0.410 e. The molecule has 0 bridgehead atoms. The highest BCUT2D eigenvalue weighted by Gasteiger charge is 2.30. The van der Waals surface area contributed by atoms with E-state index in [0.29, 0.717) is 5.69 Å². The maximum absolute atomic E-state index is 12.8. The molecule has 0 saturated carbocycles. The standard InChI is InChI=1S/C16H11F3N2O/c17-16(18,19)12-6-3-5-11(8-12)15(21-22)14-9-10-4-1-2-7-13(10)20-14/h1-9,20,22H/b21-15-. The maximum atomic E-state index is 12.8. The number of H-pyrrole nitrogens is 1. The number of fused-ring (bicyclic) bond motifs is 1. The molecule has 112 valence electrons. The first-order chi connectivity index (χ1) is 10.5. The molecule has 1 aromatic heterocycles. The molecule has 0 radical (unpaired) electrons. The van der Waals surface area contributed by atoms with Crippen LogP contribution in [0.5, 0.6) is 0 Å². The summed E-state index contributed by atoms with van der Waals surface area (Å²) >= 11 is 0. The van der Waals surface area contributed by atoms with Crippen LogP contribution >= 0.6 is 0 Å². The van der Waals surface area contributed by atoms with Gasteiger partial charge in [0.15, 0.2) is 0 Å². The van der Waals surface area contributed by atoms with Crippen molar-refractivity contribution in [2.75, 3.05) is 0 Å². The van der Waals surface area contributed by atoms with Gasteiger partial charge in [0, 0.05) is 16.5 Å². The summed E-state index contributed by atoms with van der Waals surface area (Å²) in [6.45, 7) is 0. The number of aromatic amines is 1. The normalized spacial score (nSPS) is 12.8. The van der Waals surface area contributed by atoms with Crippen LogP contribution in [0.25, 0.3) is 10.9 Å². The van der Waals surface area contributed by atoms with Crippen LogP contribution in [0.4, 0.5) is 13.2 Å². The number of nitrogens with one attached hydrogen (secondary N) is 1. The summed E-state index contributed by atoms with van der Waals surface area (Å²) in [6.07, 6.45) is -4.45. The summed E-state index contributed by atoms with van der Waals surface area (Å²) in [4.78, 5) is 3.03. The molecule has 0 unspecified atom stereocenters. The summed E-state index contributed by atoms with van der Waals surface area (Å²) in [5, 5.41) is 13.3. The molecule has 0 spiro atoms. The molecule has 3 rings (SSSR count). The van der Waals surface area contributed by atoms with E-state index in [1.165, 1.54) is 12.1 Å². The summed E-state index contributed by atoms with van der Waals surface area (Å²) in [5.41, 5.74) is 0.710. The van der Waals surface area contributed by atoms with E-state index in [2.05, 4.69) is 10.1 Å². The van der Waals surface area contributed by atoms with E-state index in [9.17, 15) is 18.4 Å². The highest BCUT2D eigenvalue weighted by Crippen LogP contribution is 2.30. The second-order valence-corrected chi connectivity index (χ2v) is 4.80. The van der Waals surface area contributed by atoms with Gasteiger partial charge >= 0.3 is 6.18 Å². The predicted molar refractivity (Wildman–Crippen MR) is 77.2 cm³/mol. The number of oxime groups is 1. The average molecular weight is 304 g/mol. The molecular weight excluding hydrogens is 293 g/mol. The molecule has 2 aromatic carbocycles. The van der Waals surface area contributed by atoms with Crippen LogP contribution in [0.2, 0.25) is 0 Å². The molecule has 0 saturated heterocycles. The van der Waals surface area contributed by atoms with Gasteiger partial charge < -0.3 is 10.2 Å². The second kappa shape index (κ2) is 5.22. The van der Waals surface area contributed by atoms with Crippen LogP contribution in [0.1, 0.15) is 16.8 Å². The fourth-order valence-electron chi connectivity index (χ4n) is 2.31. The first-order valence-electron chi connectivity index (χ1n) is 6.47. The van der Waals surface area contributed by atoms with Crippen LogP contribution in [-0.4, -0.2) is 15.9 Å². The lowest BCUT2D eigenvalue weighted by atomic mass is 10.0. The second-order valence-electron chi connectivity index (χ2n) is 4.80. The van der Waals surface area contributed by atoms with Crippen LogP contribution < -0.4 is 0 Å². The van der Waals surface area contributed by atoms with Crippen LogP contribution in [-0.2, 0) is 6.18 Å². The minimum absolute atomic E-state index is 0.0577. The predicted octanol–water partition coefficient (Wildman–Crippen LogP) is 4.41. The van der Waals surface area contributed by atoms with Crippen molar-refractivity contribution in [1.29, 1.82) is 0 Å². The topological polar surface area (TPSA) is 48.4 Å².